The Kier molecular flexibility index (Phi) is 7.31. The van der Waals surface area contributed by atoms with Gasteiger partial charge in [-0.05, 0) is 51.0 Å². The van der Waals surface area contributed by atoms with Crippen molar-refractivity contribution in [1.29, 1.82) is 0 Å². The minimum absolute atomic E-state index is 0.723. The van der Waals surface area contributed by atoms with Gasteiger partial charge in [-0.3, -0.25) is 4.99 Å². The summed E-state index contributed by atoms with van der Waals surface area (Å²) >= 11 is 0. The van der Waals surface area contributed by atoms with Crippen LogP contribution in [0, 0.1) is 12.8 Å². The lowest BCUT2D eigenvalue weighted by Crippen LogP contribution is -2.40. The van der Waals surface area contributed by atoms with E-state index in [0.29, 0.717) is 0 Å². The van der Waals surface area contributed by atoms with Gasteiger partial charge < -0.3 is 14.8 Å². The summed E-state index contributed by atoms with van der Waals surface area (Å²) in [6.45, 7) is 9.26. The maximum Gasteiger partial charge on any atom is 0.193 e. The van der Waals surface area contributed by atoms with Crippen molar-refractivity contribution in [2.75, 3.05) is 26.2 Å². The molecule has 2 heterocycles. The molecule has 0 aliphatic carbocycles. The minimum atomic E-state index is 0.723. The average molecular weight is 368 g/mol. The largest absolute Gasteiger partial charge is 0.357 e. The molecule has 0 bridgehead atoms. The fourth-order valence-electron chi connectivity index (χ4n) is 3.78. The van der Waals surface area contributed by atoms with Gasteiger partial charge in [-0.25, -0.2) is 4.98 Å². The molecule has 1 fully saturated rings. The highest BCUT2D eigenvalue weighted by molar-refractivity contribution is 5.80. The zero-order valence-corrected chi connectivity index (χ0v) is 16.8. The van der Waals surface area contributed by atoms with E-state index in [0.717, 1.165) is 63.3 Å². The summed E-state index contributed by atoms with van der Waals surface area (Å²) in [5, 5.41) is 3.48. The van der Waals surface area contributed by atoms with E-state index in [1.807, 2.05) is 6.20 Å². The lowest BCUT2D eigenvalue weighted by Gasteiger charge is -2.21. The second-order valence-electron chi connectivity index (χ2n) is 7.40. The molecule has 0 spiro atoms. The highest BCUT2D eigenvalue weighted by Gasteiger charge is 2.24. The molecule has 3 rings (SSSR count). The summed E-state index contributed by atoms with van der Waals surface area (Å²) in [6.07, 6.45) is 8.58. The van der Waals surface area contributed by atoms with Crippen LogP contribution in [0.25, 0.3) is 0 Å². The van der Waals surface area contributed by atoms with E-state index in [-0.39, 0.29) is 0 Å². The Morgan fingerprint density at radius 3 is 2.85 bits per heavy atom. The fraction of sp³-hybridized carbons (Fsp3) is 0.545. The van der Waals surface area contributed by atoms with Crippen molar-refractivity contribution in [2.45, 2.75) is 46.1 Å². The first-order chi connectivity index (χ1) is 13.3. The zero-order chi connectivity index (χ0) is 18.9. The van der Waals surface area contributed by atoms with Crippen LogP contribution in [-0.4, -0.2) is 46.6 Å². The molecular formula is C22H33N5. The van der Waals surface area contributed by atoms with Gasteiger partial charge in [0, 0.05) is 45.1 Å². The van der Waals surface area contributed by atoms with Crippen molar-refractivity contribution in [1.82, 2.24) is 19.8 Å². The summed E-state index contributed by atoms with van der Waals surface area (Å²) in [6, 6.07) is 10.8. The topological polar surface area (TPSA) is 45.5 Å². The van der Waals surface area contributed by atoms with Crippen molar-refractivity contribution in [2.24, 2.45) is 10.9 Å². The van der Waals surface area contributed by atoms with Crippen molar-refractivity contribution in [3.05, 3.63) is 54.1 Å². The number of imidazole rings is 1. The Labute approximate surface area is 163 Å². The number of aryl methyl sites for hydroxylation is 2. The van der Waals surface area contributed by atoms with E-state index in [4.69, 9.17) is 4.99 Å². The van der Waals surface area contributed by atoms with Gasteiger partial charge in [-0.15, -0.1) is 0 Å². The predicted octanol–water partition coefficient (Wildman–Crippen LogP) is 3.50. The number of aromatic nitrogens is 2. The van der Waals surface area contributed by atoms with Crippen LogP contribution >= 0.6 is 0 Å². The summed E-state index contributed by atoms with van der Waals surface area (Å²) in [7, 11) is 0. The molecule has 5 nitrogen and oxygen atoms in total. The monoisotopic (exact) mass is 367 g/mol. The van der Waals surface area contributed by atoms with Gasteiger partial charge in [0.05, 0.1) is 0 Å². The van der Waals surface area contributed by atoms with E-state index in [1.165, 1.54) is 18.4 Å². The highest BCUT2D eigenvalue weighted by atomic mass is 15.3. The number of unbranched alkanes of at least 4 members (excludes halogenated alkanes) is 1. The Morgan fingerprint density at radius 2 is 2.11 bits per heavy atom. The molecule has 146 valence electrons. The SMILES string of the molecule is CCNC(=NCCCCn1ccnc1C)N1CCC(Cc2ccccc2)C1. The van der Waals surface area contributed by atoms with Crippen molar-refractivity contribution in [3.8, 4) is 0 Å². The van der Waals surface area contributed by atoms with E-state index >= 15 is 0 Å². The molecule has 5 heteroatoms. The average Bonchev–Trinajstić information content (AvgIpc) is 3.31. The number of benzene rings is 1. The Morgan fingerprint density at radius 1 is 1.26 bits per heavy atom. The molecular weight excluding hydrogens is 334 g/mol. The van der Waals surface area contributed by atoms with Crippen LogP contribution in [0.4, 0.5) is 0 Å². The van der Waals surface area contributed by atoms with Crippen molar-refractivity contribution in [3.63, 3.8) is 0 Å². The number of guanidine groups is 1. The standard InChI is InChI=1S/C22H33N5/c1-3-23-22(25-12-7-8-14-26-16-13-24-19(26)2)27-15-11-21(18-27)17-20-9-5-4-6-10-20/h4-6,9-10,13,16,21H,3,7-8,11-12,14-15,17-18H2,1-2H3,(H,23,25). The van der Waals surface area contributed by atoms with Crippen molar-refractivity contribution >= 4 is 5.96 Å². The lowest BCUT2D eigenvalue weighted by atomic mass is 9.99. The number of likely N-dealkylation sites (tertiary alicyclic amines) is 1. The van der Waals surface area contributed by atoms with Gasteiger partial charge in [-0.1, -0.05) is 30.3 Å². The molecule has 1 N–H and O–H groups in total. The molecule has 0 saturated carbocycles. The molecule has 0 amide bonds. The van der Waals surface area contributed by atoms with Crippen LogP contribution in [0.2, 0.25) is 0 Å². The van der Waals surface area contributed by atoms with Gasteiger partial charge in [0.25, 0.3) is 0 Å². The quantitative estimate of drug-likeness (QED) is 0.441. The number of nitrogens with one attached hydrogen (secondary N) is 1. The van der Waals surface area contributed by atoms with Crippen LogP contribution in [0.1, 0.15) is 37.6 Å². The first-order valence-corrected chi connectivity index (χ1v) is 10.3. The molecule has 1 aliphatic rings. The molecule has 1 saturated heterocycles. The summed E-state index contributed by atoms with van der Waals surface area (Å²) in [5.41, 5.74) is 1.45. The molecule has 1 aromatic heterocycles. The molecule has 1 atom stereocenters. The van der Waals surface area contributed by atoms with Crippen LogP contribution in [-0.2, 0) is 13.0 Å². The van der Waals surface area contributed by atoms with E-state index in [1.54, 1.807) is 0 Å². The number of nitrogens with zero attached hydrogens (tertiary/aromatic N) is 4. The summed E-state index contributed by atoms with van der Waals surface area (Å²) in [5.74, 6) is 2.90. The number of aliphatic imine (C=N–C) groups is 1. The molecule has 1 aliphatic heterocycles. The summed E-state index contributed by atoms with van der Waals surface area (Å²) in [4.78, 5) is 11.6. The first-order valence-electron chi connectivity index (χ1n) is 10.3. The van der Waals surface area contributed by atoms with E-state index in [2.05, 4.69) is 70.1 Å². The Balaban J connectivity index is 1.45. The molecule has 0 radical (unpaired) electrons. The molecule has 1 aromatic carbocycles. The number of hydrogen-bond acceptors (Lipinski definition) is 2. The van der Waals surface area contributed by atoms with E-state index < -0.39 is 0 Å². The zero-order valence-electron chi connectivity index (χ0n) is 16.8. The number of rotatable bonds is 8. The van der Waals surface area contributed by atoms with Gasteiger partial charge >= 0.3 is 0 Å². The van der Waals surface area contributed by atoms with Crippen LogP contribution in [0.15, 0.2) is 47.7 Å². The highest BCUT2D eigenvalue weighted by Crippen LogP contribution is 2.21. The number of hydrogen-bond donors (Lipinski definition) is 1. The smallest absolute Gasteiger partial charge is 0.193 e. The minimum Gasteiger partial charge on any atom is -0.357 e. The first kappa shape index (κ1) is 19.5. The van der Waals surface area contributed by atoms with Gasteiger partial charge in [0.1, 0.15) is 5.82 Å². The van der Waals surface area contributed by atoms with E-state index in [9.17, 15) is 0 Å². The third-order valence-electron chi connectivity index (χ3n) is 5.28. The maximum absolute atomic E-state index is 4.88. The summed E-state index contributed by atoms with van der Waals surface area (Å²) < 4.78 is 2.21. The fourth-order valence-corrected chi connectivity index (χ4v) is 3.78. The van der Waals surface area contributed by atoms with Crippen LogP contribution in [0.3, 0.4) is 0 Å². The van der Waals surface area contributed by atoms with Gasteiger partial charge in [0.2, 0.25) is 0 Å². The Hall–Kier alpha value is -2.30. The van der Waals surface area contributed by atoms with Crippen molar-refractivity contribution < 1.29 is 0 Å². The third-order valence-corrected chi connectivity index (χ3v) is 5.28. The lowest BCUT2D eigenvalue weighted by molar-refractivity contribution is 0.459. The molecule has 2 aromatic rings. The van der Waals surface area contributed by atoms with Crippen LogP contribution in [0.5, 0.6) is 0 Å². The predicted molar refractivity (Wildman–Crippen MR) is 112 cm³/mol. The van der Waals surface area contributed by atoms with Gasteiger partial charge in [-0.2, -0.15) is 0 Å². The Bertz CT molecular complexity index is 707. The molecule has 1 unspecified atom stereocenters. The second-order valence-corrected chi connectivity index (χ2v) is 7.40. The van der Waals surface area contributed by atoms with Gasteiger partial charge in [0.15, 0.2) is 5.96 Å². The maximum atomic E-state index is 4.88. The normalized spacial score (nSPS) is 17.5. The second kappa shape index (κ2) is 10.1. The van der Waals surface area contributed by atoms with Crippen LogP contribution < -0.4 is 5.32 Å². The third kappa shape index (κ3) is 5.84. The molecule has 27 heavy (non-hydrogen) atoms.